The van der Waals surface area contributed by atoms with Crippen LogP contribution in [0.5, 0.6) is 5.75 Å². The van der Waals surface area contributed by atoms with Gasteiger partial charge in [0, 0.05) is 5.69 Å². The van der Waals surface area contributed by atoms with Gasteiger partial charge in [0.1, 0.15) is 17.9 Å². The first-order valence-electron chi connectivity index (χ1n) is 4.94. The molecule has 0 unspecified atom stereocenters. The van der Waals surface area contributed by atoms with Crippen LogP contribution < -0.4 is 16.2 Å². The van der Waals surface area contributed by atoms with E-state index in [1.165, 1.54) is 7.11 Å². The van der Waals surface area contributed by atoms with E-state index < -0.39 is 11.9 Å². The lowest BCUT2D eigenvalue weighted by Crippen LogP contribution is -2.16. The highest BCUT2D eigenvalue weighted by Gasteiger charge is 2.17. The van der Waals surface area contributed by atoms with E-state index in [0.29, 0.717) is 5.75 Å². The number of benzene rings is 1. The third-order valence-electron chi connectivity index (χ3n) is 2.06. The lowest BCUT2D eigenvalue weighted by molar-refractivity contribution is -0.118. The second-order valence-electron chi connectivity index (χ2n) is 3.28. The molecule has 1 amide bonds. The minimum absolute atomic E-state index is 0.0270. The van der Waals surface area contributed by atoms with E-state index in [1.807, 2.05) is 0 Å². The van der Waals surface area contributed by atoms with Crippen LogP contribution >= 0.6 is 0 Å². The summed E-state index contributed by atoms with van der Waals surface area (Å²) < 4.78 is 9.86. The summed E-state index contributed by atoms with van der Waals surface area (Å²) in [6.45, 7) is -0.0777. The number of carbonyl (C=O) groups excluding carboxylic acids is 2. The number of hydrogen-bond acceptors (Lipinski definition) is 5. The highest BCUT2D eigenvalue weighted by Crippen LogP contribution is 2.24. The van der Waals surface area contributed by atoms with Gasteiger partial charge in [-0.25, -0.2) is 4.79 Å². The molecule has 0 saturated carbocycles. The van der Waals surface area contributed by atoms with Crippen LogP contribution in [0.2, 0.25) is 0 Å². The fourth-order valence-corrected chi connectivity index (χ4v) is 1.25. The second kappa shape index (κ2) is 5.74. The molecule has 0 aliphatic carbocycles. The minimum Gasteiger partial charge on any atom is -0.496 e. The van der Waals surface area contributed by atoms with Crippen LogP contribution in [0.3, 0.4) is 0 Å². The van der Waals surface area contributed by atoms with Gasteiger partial charge >= 0.3 is 5.97 Å². The van der Waals surface area contributed by atoms with Crippen LogP contribution in [0.25, 0.3) is 0 Å². The van der Waals surface area contributed by atoms with Crippen molar-refractivity contribution in [1.82, 2.24) is 0 Å². The fourth-order valence-electron chi connectivity index (χ4n) is 1.25. The monoisotopic (exact) mass is 238 g/mol. The molecule has 0 saturated heterocycles. The molecule has 0 bridgehead atoms. The van der Waals surface area contributed by atoms with Crippen molar-refractivity contribution in [2.75, 3.05) is 19.5 Å². The van der Waals surface area contributed by atoms with Crippen LogP contribution in [-0.2, 0) is 9.53 Å². The Morgan fingerprint density at radius 1 is 1.35 bits per heavy atom. The Hall–Kier alpha value is -2.24. The summed E-state index contributed by atoms with van der Waals surface area (Å²) >= 11 is 0. The highest BCUT2D eigenvalue weighted by atomic mass is 16.5. The van der Waals surface area contributed by atoms with Crippen LogP contribution in [0.4, 0.5) is 5.69 Å². The van der Waals surface area contributed by atoms with Gasteiger partial charge in [0.15, 0.2) is 0 Å². The maximum absolute atomic E-state index is 11.7. The van der Waals surface area contributed by atoms with Gasteiger partial charge in [-0.3, -0.25) is 4.79 Å². The average Bonchev–Trinajstić information content (AvgIpc) is 2.27. The van der Waals surface area contributed by atoms with Gasteiger partial charge in [-0.05, 0) is 12.1 Å². The molecular weight excluding hydrogens is 224 g/mol. The van der Waals surface area contributed by atoms with Crippen molar-refractivity contribution in [2.24, 2.45) is 5.73 Å². The normalized spacial score (nSPS) is 9.71. The first-order valence-corrected chi connectivity index (χ1v) is 4.94. The molecule has 1 aromatic rings. The molecule has 0 aliphatic heterocycles. The quantitative estimate of drug-likeness (QED) is 0.567. The van der Waals surface area contributed by atoms with Crippen molar-refractivity contribution in [3.05, 3.63) is 23.8 Å². The van der Waals surface area contributed by atoms with Crippen LogP contribution in [0.1, 0.15) is 16.8 Å². The predicted octanol–water partition coefficient (Wildman–Crippen LogP) is 0.310. The maximum atomic E-state index is 11.7. The van der Waals surface area contributed by atoms with E-state index in [4.69, 9.17) is 20.9 Å². The molecule has 0 atom stereocenters. The van der Waals surface area contributed by atoms with Crippen molar-refractivity contribution in [2.45, 2.75) is 6.42 Å². The molecule has 6 heteroatoms. The van der Waals surface area contributed by atoms with Gasteiger partial charge in [-0.1, -0.05) is 6.07 Å². The molecule has 0 aliphatic rings. The van der Waals surface area contributed by atoms with Crippen molar-refractivity contribution in [1.29, 1.82) is 0 Å². The zero-order valence-corrected chi connectivity index (χ0v) is 9.43. The maximum Gasteiger partial charge on any atom is 0.344 e. The number of methoxy groups -OCH3 is 1. The lowest BCUT2D eigenvalue weighted by Gasteiger charge is -2.10. The number of carbonyl (C=O) groups is 2. The Balaban J connectivity index is 2.77. The number of nitrogens with two attached hydrogens (primary N) is 2. The fraction of sp³-hybridized carbons (Fsp3) is 0.273. The first-order chi connectivity index (χ1) is 8.06. The lowest BCUT2D eigenvalue weighted by atomic mass is 10.1. The van der Waals surface area contributed by atoms with Crippen molar-refractivity contribution in [3.63, 3.8) is 0 Å². The zero-order chi connectivity index (χ0) is 12.8. The highest BCUT2D eigenvalue weighted by molar-refractivity contribution is 5.98. The van der Waals surface area contributed by atoms with Gasteiger partial charge in [0.2, 0.25) is 5.91 Å². The van der Waals surface area contributed by atoms with Crippen molar-refractivity contribution < 1.29 is 19.1 Å². The molecule has 6 nitrogen and oxygen atoms in total. The van der Waals surface area contributed by atoms with Gasteiger partial charge in [0.25, 0.3) is 0 Å². The van der Waals surface area contributed by atoms with E-state index in [1.54, 1.807) is 18.2 Å². The number of amides is 1. The third-order valence-corrected chi connectivity index (χ3v) is 2.06. The standard InChI is InChI=1S/C11H14N2O4/c1-16-8-4-2-3-7(12)10(8)11(15)17-6-5-9(13)14/h2-4H,5-6,12H2,1H3,(H2,13,14). The Morgan fingerprint density at radius 2 is 2.06 bits per heavy atom. The molecule has 0 radical (unpaired) electrons. The number of esters is 1. The molecule has 0 fully saturated rings. The van der Waals surface area contributed by atoms with Crippen LogP contribution in [0.15, 0.2) is 18.2 Å². The number of anilines is 1. The summed E-state index contributed by atoms with van der Waals surface area (Å²) in [4.78, 5) is 22.2. The second-order valence-corrected chi connectivity index (χ2v) is 3.28. The van der Waals surface area contributed by atoms with E-state index in [9.17, 15) is 9.59 Å². The third kappa shape index (κ3) is 3.37. The smallest absolute Gasteiger partial charge is 0.344 e. The van der Waals surface area contributed by atoms with E-state index >= 15 is 0 Å². The molecular formula is C11H14N2O4. The molecule has 17 heavy (non-hydrogen) atoms. The Kier molecular flexibility index (Phi) is 4.33. The molecule has 0 aromatic heterocycles. The Morgan fingerprint density at radius 3 is 2.65 bits per heavy atom. The number of primary amides is 1. The molecule has 1 aromatic carbocycles. The number of rotatable bonds is 5. The van der Waals surface area contributed by atoms with Crippen molar-refractivity contribution >= 4 is 17.6 Å². The predicted molar refractivity (Wildman–Crippen MR) is 61.5 cm³/mol. The van der Waals surface area contributed by atoms with Crippen LogP contribution in [-0.4, -0.2) is 25.6 Å². The summed E-state index contributed by atoms with van der Waals surface area (Å²) in [5.74, 6) is -0.846. The topological polar surface area (TPSA) is 105 Å². The van der Waals surface area contributed by atoms with E-state index in [-0.39, 0.29) is 24.3 Å². The SMILES string of the molecule is COc1cccc(N)c1C(=O)OCCC(N)=O. The minimum atomic E-state index is -0.638. The Bertz CT molecular complexity index is 431. The first kappa shape index (κ1) is 12.8. The summed E-state index contributed by atoms with van der Waals surface area (Å²) in [6, 6.07) is 4.82. The van der Waals surface area contributed by atoms with E-state index in [2.05, 4.69) is 0 Å². The summed E-state index contributed by atoms with van der Waals surface area (Å²) in [7, 11) is 1.43. The summed E-state index contributed by atoms with van der Waals surface area (Å²) in [5.41, 5.74) is 11.0. The zero-order valence-electron chi connectivity index (χ0n) is 9.43. The Labute approximate surface area is 98.5 Å². The van der Waals surface area contributed by atoms with Gasteiger partial charge < -0.3 is 20.9 Å². The number of hydrogen-bond donors (Lipinski definition) is 2. The molecule has 4 N–H and O–H groups in total. The van der Waals surface area contributed by atoms with Gasteiger partial charge in [-0.2, -0.15) is 0 Å². The van der Waals surface area contributed by atoms with E-state index in [0.717, 1.165) is 0 Å². The summed E-state index contributed by atoms with van der Waals surface area (Å²) in [5, 5.41) is 0. The van der Waals surface area contributed by atoms with Crippen LogP contribution in [0, 0.1) is 0 Å². The largest absolute Gasteiger partial charge is 0.496 e. The summed E-state index contributed by atoms with van der Waals surface area (Å²) in [6.07, 6.45) is -0.0270. The van der Waals surface area contributed by atoms with Crippen molar-refractivity contribution in [3.8, 4) is 5.75 Å². The van der Waals surface area contributed by atoms with Gasteiger partial charge in [-0.15, -0.1) is 0 Å². The molecule has 0 heterocycles. The van der Waals surface area contributed by atoms with Gasteiger partial charge in [0.05, 0.1) is 13.5 Å². The number of nitrogen functional groups attached to an aromatic ring is 1. The molecule has 92 valence electrons. The number of ether oxygens (including phenoxy) is 2. The average molecular weight is 238 g/mol. The molecule has 0 spiro atoms. The molecule has 1 rings (SSSR count).